The van der Waals surface area contributed by atoms with Gasteiger partial charge in [0.05, 0.1) is 24.6 Å². The van der Waals surface area contributed by atoms with Gasteiger partial charge in [-0.15, -0.1) is 11.3 Å². The molecule has 186 valence electrons. The molecule has 1 aromatic heterocycles. The number of nitrogens with zero attached hydrogens (tertiary/aromatic N) is 5. The Bertz CT molecular complexity index is 961. The molecule has 0 aliphatic carbocycles. The molecule has 0 aromatic carbocycles. The van der Waals surface area contributed by atoms with Crippen LogP contribution in [0.4, 0.5) is 0 Å². The quantitative estimate of drug-likeness (QED) is 0.345. The summed E-state index contributed by atoms with van der Waals surface area (Å²) < 4.78 is 4.97. The Morgan fingerprint density at radius 2 is 2.18 bits per heavy atom. The maximum atomic E-state index is 12.4. The van der Waals surface area contributed by atoms with Crippen molar-refractivity contribution in [1.29, 1.82) is 0 Å². The third kappa shape index (κ3) is 6.19. The first-order valence-corrected chi connectivity index (χ1v) is 11.9. The predicted molar refractivity (Wildman–Crippen MR) is 128 cm³/mol. The van der Waals surface area contributed by atoms with Gasteiger partial charge in [0.25, 0.3) is 0 Å². The average molecular weight is 493 g/mol. The fourth-order valence-corrected chi connectivity index (χ4v) is 4.58. The second-order valence-corrected chi connectivity index (χ2v) is 10.1. The Hall–Kier alpha value is -2.83. The van der Waals surface area contributed by atoms with E-state index in [1.54, 1.807) is 20.0 Å². The Morgan fingerprint density at radius 3 is 2.79 bits per heavy atom. The van der Waals surface area contributed by atoms with Crippen LogP contribution in [-0.4, -0.2) is 115 Å². The van der Waals surface area contributed by atoms with Crippen LogP contribution in [0.1, 0.15) is 18.9 Å². The van der Waals surface area contributed by atoms with Crippen LogP contribution in [0.15, 0.2) is 27.8 Å². The Morgan fingerprint density at radius 1 is 1.41 bits per heavy atom. The van der Waals surface area contributed by atoms with Gasteiger partial charge in [-0.05, 0) is 20.9 Å². The van der Waals surface area contributed by atoms with Crippen LogP contribution in [0, 0.1) is 5.41 Å². The number of carbonyl (C=O) groups is 3. The van der Waals surface area contributed by atoms with Crippen LogP contribution in [-0.2, 0) is 19.1 Å². The number of carboxylic acids is 1. The number of esters is 1. The van der Waals surface area contributed by atoms with Gasteiger partial charge >= 0.3 is 11.9 Å². The van der Waals surface area contributed by atoms with E-state index in [0.29, 0.717) is 31.0 Å². The molecule has 3 heterocycles. The van der Waals surface area contributed by atoms with E-state index in [-0.39, 0.29) is 19.1 Å². The van der Waals surface area contributed by atoms with Gasteiger partial charge in [0, 0.05) is 62.6 Å². The zero-order chi connectivity index (χ0) is 24.9. The number of piperazine rings is 1. The predicted octanol–water partition coefficient (Wildman–Crippen LogP) is 0.105. The number of thiazole rings is 1. The summed E-state index contributed by atoms with van der Waals surface area (Å²) in [6.45, 7) is 6.66. The normalized spacial score (nSPS) is 19.9. The summed E-state index contributed by atoms with van der Waals surface area (Å²) in [5, 5.41) is 15.3. The van der Waals surface area contributed by atoms with Crippen LogP contribution in [0.25, 0.3) is 0 Å². The number of likely N-dealkylation sites (N-methyl/N-ethyl adjacent to an activating group) is 1. The number of aromatic nitrogens is 1. The van der Waals surface area contributed by atoms with E-state index in [1.807, 2.05) is 12.4 Å². The van der Waals surface area contributed by atoms with Crippen molar-refractivity contribution in [3.63, 3.8) is 0 Å². The molecular weight excluding hydrogens is 460 g/mol. The maximum Gasteiger partial charge on any atom is 0.337 e. The van der Waals surface area contributed by atoms with Gasteiger partial charge in [-0.2, -0.15) is 0 Å². The molecule has 0 spiro atoms. The molecule has 2 N–H and O–H groups in total. The lowest BCUT2D eigenvalue weighted by Crippen LogP contribution is -2.57. The van der Waals surface area contributed by atoms with E-state index in [9.17, 15) is 19.5 Å². The lowest BCUT2D eigenvalue weighted by molar-refractivity contribution is -0.148. The highest BCUT2D eigenvalue weighted by Crippen LogP contribution is 2.20. The molecule has 12 heteroatoms. The van der Waals surface area contributed by atoms with Crippen LogP contribution in [0.5, 0.6) is 0 Å². The summed E-state index contributed by atoms with van der Waals surface area (Å²) in [4.78, 5) is 50.3. The number of hydrogen-bond donors (Lipinski definition) is 2. The number of ether oxygens (including phenoxy) is 1. The summed E-state index contributed by atoms with van der Waals surface area (Å²) in [7, 11) is 3.35. The SMILES string of the molecule is COC(=O)C1=C(CN2CCN(C)C(CN(C=O)CC(C)(C)C(=O)O)C2)NC(c2nccs2)=NC1. The summed E-state index contributed by atoms with van der Waals surface area (Å²) in [6.07, 6.45) is 2.42. The van der Waals surface area contributed by atoms with Crippen LogP contribution >= 0.6 is 11.3 Å². The second kappa shape index (κ2) is 11.1. The van der Waals surface area contributed by atoms with Gasteiger partial charge in [0.2, 0.25) is 6.41 Å². The summed E-state index contributed by atoms with van der Waals surface area (Å²) in [5.41, 5.74) is 0.177. The van der Waals surface area contributed by atoms with Gasteiger partial charge in [-0.25, -0.2) is 9.78 Å². The highest BCUT2D eigenvalue weighted by molar-refractivity contribution is 7.11. The van der Waals surface area contributed by atoms with Crippen molar-refractivity contribution in [3.05, 3.63) is 27.9 Å². The number of carboxylic acid groups (broad SMARTS) is 1. The van der Waals surface area contributed by atoms with Crippen LogP contribution in [0.2, 0.25) is 0 Å². The summed E-state index contributed by atoms with van der Waals surface area (Å²) >= 11 is 1.47. The molecule has 1 aromatic rings. The molecule has 1 atom stereocenters. The Kier molecular flexibility index (Phi) is 8.39. The van der Waals surface area contributed by atoms with Crippen LogP contribution < -0.4 is 5.32 Å². The molecular formula is C22H32N6O5S. The van der Waals surface area contributed by atoms with Crippen molar-refractivity contribution in [2.45, 2.75) is 19.9 Å². The van der Waals surface area contributed by atoms with Crippen molar-refractivity contribution in [1.82, 2.24) is 25.0 Å². The third-order valence-corrected chi connectivity index (χ3v) is 6.89. The fourth-order valence-electron chi connectivity index (χ4n) is 3.98. The van der Waals surface area contributed by atoms with Crippen molar-refractivity contribution in [3.8, 4) is 0 Å². The molecule has 0 saturated carbocycles. The maximum absolute atomic E-state index is 12.4. The highest BCUT2D eigenvalue weighted by Gasteiger charge is 2.33. The van der Waals surface area contributed by atoms with Gasteiger partial charge < -0.3 is 20.1 Å². The summed E-state index contributed by atoms with van der Waals surface area (Å²) in [5.74, 6) is -0.731. The van der Waals surface area contributed by atoms with E-state index in [2.05, 4.69) is 25.1 Å². The number of nitrogens with one attached hydrogen (secondary N) is 1. The number of amides is 1. The molecule has 11 nitrogen and oxygen atoms in total. The number of amidine groups is 1. The highest BCUT2D eigenvalue weighted by atomic mass is 32.1. The van der Waals surface area contributed by atoms with Crippen molar-refractivity contribution >= 4 is 35.5 Å². The minimum Gasteiger partial charge on any atom is -0.481 e. The van der Waals surface area contributed by atoms with Crippen molar-refractivity contribution < 1.29 is 24.2 Å². The minimum atomic E-state index is -1.04. The molecule has 1 fully saturated rings. The molecule has 3 rings (SSSR count). The largest absolute Gasteiger partial charge is 0.481 e. The standard InChI is InChI=1S/C22H32N6O5S/c1-22(2,21(31)32)13-28(14-29)11-15-10-27(7-6-26(15)3)12-17-16(20(30)33-4)9-24-18(25-17)19-23-5-8-34-19/h5,8,14-15H,6-7,9-13H2,1-4H3,(H,24,25)(H,31,32). The van der Waals surface area contributed by atoms with E-state index < -0.39 is 17.4 Å². The van der Waals surface area contributed by atoms with Gasteiger partial charge in [0.1, 0.15) is 0 Å². The summed E-state index contributed by atoms with van der Waals surface area (Å²) in [6, 6.07) is 0.0152. The number of methoxy groups -OCH3 is 1. The number of aliphatic carboxylic acids is 1. The molecule has 0 radical (unpaired) electrons. The van der Waals surface area contributed by atoms with Crippen molar-refractivity contribution in [2.75, 3.05) is 60.0 Å². The first kappa shape index (κ1) is 25.8. The molecule has 1 unspecified atom stereocenters. The van der Waals surface area contributed by atoms with E-state index >= 15 is 0 Å². The zero-order valence-electron chi connectivity index (χ0n) is 20.0. The van der Waals surface area contributed by atoms with Gasteiger partial charge in [0.15, 0.2) is 10.8 Å². The topological polar surface area (TPSA) is 128 Å². The molecule has 2 aliphatic rings. The number of hydrogen-bond acceptors (Lipinski definition) is 10. The molecule has 1 saturated heterocycles. The van der Waals surface area contributed by atoms with E-state index in [1.165, 1.54) is 23.3 Å². The molecule has 2 aliphatic heterocycles. The zero-order valence-corrected chi connectivity index (χ0v) is 20.8. The third-order valence-electron chi connectivity index (χ3n) is 6.11. The Labute approximate surface area is 203 Å². The Balaban J connectivity index is 1.71. The first-order chi connectivity index (χ1) is 16.1. The first-order valence-electron chi connectivity index (χ1n) is 11.0. The molecule has 34 heavy (non-hydrogen) atoms. The number of aliphatic imine (C=N–C) groups is 1. The van der Waals surface area contributed by atoms with Gasteiger partial charge in [-0.1, -0.05) is 0 Å². The molecule has 1 amide bonds. The smallest absolute Gasteiger partial charge is 0.337 e. The fraction of sp³-hybridized carbons (Fsp3) is 0.591. The van der Waals surface area contributed by atoms with Gasteiger partial charge in [-0.3, -0.25) is 24.4 Å². The lowest BCUT2D eigenvalue weighted by atomic mass is 9.93. The minimum absolute atomic E-state index is 0.0152. The number of rotatable bonds is 10. The van der Waals surface area contributed by atoms with Crippen molar-refractivity contribution in [2.24, 2.45) is 10.4 Å². The van der Waals surface area contributed by atoms with E-state index in [4.69, 9.17) is 4.74 Å². The van der Waals surface area contributed by atoms with Crippen LogP contribution in [0.3, 0.4) is 0 Å². The second-order valence-electron chi connectivity index (χ2n) is 9.17. The van der Waals surface area contributed by atoms with E-state index in [0.717, 1.165) is 30.2 Å². The monoisotopic (exact) mass is 492 g/mol. The average Bonchev–Trinajstić information content (AvgIpc) is 3.35. The lowest BCUT2D eigenvalue weighted by Gasteiger charge is -2.42. The molecule has 0 bridgehead atoms. The number of carbonyl (C=O) groups excluding carboxylic acids is 2.